The lowest BCUT2D eigenvalue weighted by atomic mass is 9.61. The van der Waals surface area contributed by atoms with Crippen LogP contribution in [0, 0.1) is 10.8 Å². The van der Waals surface area contributed by atoms with E-state index < -0.39 is 10.8 Å². The van der Waals surface area contributed by atoms with Gasteiger partial charge >= 0.3 is 0 Å². The van der Waals surface area contributed by atoms with Crippen molar-refractivity contribution in [2.24, 2.45) is 10.8 Å². The van der Waals surface area contributed by atoms with Crippen molar-refractivity contribution in [1.29, 1.82) is 0 Å². The average Bonchev–Trinajstić information content (AvgIpc) is 2.55. The lowest BCUT2D eigenvalue weighted by Crippen LogP contribution is -2.70. The molecule has 0 atom stereocenters. The Hall–Kier alpha value is -0.430. The van der Waals surface area contributed by atoms with Gasteiger partial charge in [0.2, 0.25) is 11.8 Å². The van der Waals surface area contributed by atoms with Gasteiger partial charge in [-0.05, 0) is 13.3 Å². The molecule has 0 unspecified atom stereocenters. The molecule has 0 saturated carbocycles. The fourth-order valence-electron chi connectivity index (χ4n) is 4.33. The zero-order chi connectivity index (χ0) is 18.7. The topological polar surface area (TPSA) is 57.7 Å². The van der Waals surface area contributed by atoms with Crippen molar-refractivity contribution in [3.8, 4) is 0 Å². The summed E-state index contributed by atoms with van der Waals surface area (Å²) < 4.78 is 0. The van der Waals surface area contributed by atoms with Crippen molar-refractivity contribution in [3.05, 3.63) is 0 Å². The summed E-state index contributed by atoms with van der Waals surface area (Å²) >= 11 is 6.67. The minimum Gasteiger partial charge on any atom is -0.341 e. The van der Waals surface area contributed by atoms with E-state index in [1.54, 1.807) is 0 Å². The number of ketones is 1. The zero-order valence-electron chi connectivity index (χ0n) is 15.2. The fraction of sp³-hybridized carbons (Fsp3) is 0.833. The highest BCUT2D eigenvalue weighted by molar-refractivity contribution is 9.09. The molecule has 2 fully saturated rings. The summed E-state index contributed by atoms with van der Waals surface area (Å²) in [5, 5.41) is 1.26. The van der Waals surface area contributed by atoms with E-state index in [4.69, 9.17) is 0 Å². The summed E-state index contributed by atoms with van der Waals surface area (Å²) in [5.41, 5.74) is -1.26. The largest absolute Gasteiger partial charge is 0.341 e. The van der Waals surface area contributed by atoms with Gasteiger partial charge in [0, 0.05) is 49.7 Å². The van der Waals surface area contributed by atoms with Crippen LogP contribution in [0.4, 0.5) is 0 Å². The maximum absolute atomic E-state index is 13.3. The number of carbonyl (C=O) groups is 3. The van der Waals surface area contributed by atoms with E-state index in [0.717, 1.165) is 19.3 Å². The van der Waals surface area contributed by atoms with E-state index in [9.17, 15) is 14.4 Å². The van der Waals surface area contributed by atoms with Crippen LogP contribution in [0.5, 0.6) is 0 Å². The number of likely N-dealkylation sites (tertiary alicyclic amines) is 2. The Morgan fingerprint density at radius 3 is 1.88 bits per heavy atom. The fourth-order valence-corrected chi connectivity index (χ4v) is 5.01. The Labute approximate surface area is 167 Å². The Kier molecular flexibility index (Phi) is 7.10. The van der Waals surface area contributed by atoms with Crippen LogP contribution in [0.25, 0.3) is 0 Å². The highest BCUT2D eigenvalue weighted by Crippen LogP contribution is 2.45. The number of rotatable bonds is 7. The minimum atomic E-state index is -0.659. The van der Waals surface area contributed by atoms with Gasteiger partial charge in [-0.2, -0.15) is 0 Å². The van der Waals surface area contributed by atoms with Gasteiger partial charge < -0.3 is 9.80 Å². The Bertz CT molecular complexity index is 508. The molecule has 25 heavy (non-hydrogen) atoms. The number of Topliss-reactive ketones (excluding diaryl/α,β-unsaturated/α-hetero) is 1. The number of nitrogens with zero attached hydrogens (tertiary/aromatic N) is 2. The molecule has 2 heterocycles. The van der Waals surface area contributed by atoms with Gasteiger partial charge in [0.1, 0.15) is 0 Å². The molecule has 0 radical (unpaired) electrons. The van der Waals surface area contributed by atoms with Crippen molar-refractivity contribution in [1.82, 2.24) is 9.80 Å². The van der Waals surface area contributed by atoms with E-state index in [1.165, 1.54) is 0 Å². The van der Waals surface area contributed by atoms with Crippen LogP contribution in [0.15, 0.2) is 0 Å². The average molecular weight is 480 g/mol. The minimum absolute atomic E-state index is 0.0942. The Morgan fingerprint density at radius 1 is 1.00 bits per heavy atom. The molecule has 0 aliphatic carbocycles. The second-order valence-electron chi connectivity index (χ2n) is 7.65. The molecule has 0 aromatic heterocycles. The Balaban J connectivity index is 2.33. The number of alkyl halides is 2. The van der Waals surface area contributed by atoms with Gasteiger partial charge in [0.25, 0.3) is 0 Å². The molecule has 2 amide bonds. The number of hydrogen-bond donors (Lipinski definition) is 0. The quantitative estimate of drug-likeness (QED) is 0.527. The maximum Gasteiger partial charge on any atom is 0.223 e. The predicted octanol–water partition coefficient (Wildman–Crippen LogP) is 2.99. The third-order valence-electron chi connectivity index (χ3n) is 5.43. The standard InChI is InChI=1S/C18H28Br2N2O3/c1-3-4-7-18-12-21(14(23)5-8-19)10-17(2,16(18)25)11-22(13-18)15(24)6-9-20/h3-13H2,1-2H3. The monoisotopic (exact) mass is 478 g/mol. The molecule has 5 nitrogen and oxygen atoms in total. The van der Waals surface area contributed by atoms with Crippen LogP contribution in [0.3, 0.4) is 0 Å². The third-order valence-corrected chi connectivity index (χ3v) is 6.22. The summed E-state index contributed by atoms with van der Waals surface area (Å²) in [7, 11) is 0. The van der Waals surface area contributed by atoms with Crippen LogP contribution in [0.1, 0.15) is 46.0 Å². The normalized spacial score (nSPS) is 29.0. The molecule has 2 aliphatic heterocycles. The predicted molar refractivity (Wildman–Crippen MR) is 105 cm³/mol. The number of unbranched alkanes of at least 4 members (excludes halogenated alkanes) is 1. The Morgan fingerprint density at radius 2 is 1.48 bits per heavy atom. The molecular formula is C18H28Br2N2O3. The van der Waals surface area contributed by atoms with Crippen LogP contribution >= 0.6 is 31.9 Å². The van der Waals surface area contributed by atoms with Gasteiger partial charge in [-0.25, -0.2) is 0 Å². The summed E-state index contributed by atoms with van der Waals surface area (Å²) in [6, 6.07) is 0. The molecule has 0 N–H and O–H groups in total. The van der Waals surface area contributed by atoms with Gasteiger partial charge in [-0.15, -0.1) is 0 Å². The number of amides is 2. The molecule has 2 saturated heterocycles. The first kappa shape index (κ1) is 20.9. The van der Waals surface area contributed by atoms with Gasteiger partial charge in [0.05, 0.1) is 10.8 Å². The van der Waals surface area contributed by atoms with Crippen LogP contribution in [0.2, 0.25) is 0 Å². The van der Waals surface area contributed by atoms with E-state index in [1.807, 2.05) is 16.7 Å². The lowest BCUT2D eigenvalue weighted by Gasteiger charge is -2.56. The van der Waals surface area contributed by atoms with Crippen molar-refractivity contribution < 1.29 is 14.4 Å². The molecule has 0 aromatic rings. The number of halogens is 2. The van der Waals surface area contributed by atoms with E-state index in [0.29, 0.717) is 49.7 Å². The third kappa shape index (κ3) is 4.29. The first-order valence-corrected chi connectivity index (χ1v) is 11.3. The van der Waals surface area contributed by atoms with Gasteiger partial charge in [-0.3, -0.25) is 14.4 Å². The number of fused-ring (bicyclic) bond motifs is 2. The van der Waals surface area contributed by atoms with E-state index in [-0.39, 0.29) is 17.6 Å². The van der Waals surface area contributed by atoms with Crippen molar-refractivity contribution in [2.45, 2.75) is 46.0 Å². The molecule has 2 aliphatic rings. The number of piperidine rings is 2. The summed E-state index contributed by atoms with van der Waals surface area (Å²) in [6.07, 6.45) is 3.56. The molecule has 2 rings (SSSR count). The maximum atomic E-state index is 13.3. The first-order valence-electron chi connectivity index (χ1n) is 9.04. The van der Waals surface area contributed by atoms with E-state index >= 15 is 0 Å². The second kappa shape index (κ2) is 8.51. The zero-order valence-corrected chi connectivity index (χ0v) is 18.3. The van der Waals surface area contributed by atoms with Crippen LogP contribution < -0.4 is 0 Å². The van der Waals surface area contributed by atoms with Crippen LogP contribution in [-0.4, -0.2) is 64.2 Å². The highest BCUT2D eigenvalue weighted by Gasteiger charge is 2.58. The van der Waals surface area contributed by atoms with Crippen molar-refractivity contribution in [2.75, 3.05) is 36.8 Å². The lowest BCUT2D eigenvalue weighted by molar-refractivity contribution is -0.168. The second-order valence-corrected chi connectivity index (χ2v) is 9.24. The van der Waals surface area contributed by atoms with E-state index in [2.05, 4.69) is 38.8 Å². The summed E-state index contributed by atoms with van der Waals surface area (Å²) in [6.45, 7) is 5.77. The highest BCUT2D eigenvalue weighted by atomic mass is 79.9. The van der Waals surface area contributed by atoms with Crippen molar-refractivity contribution in [3.63, 3.8) is 0 Å². The van der Waals surface area contributed by atoms with Crippen molar-refractivity contribution >= 4 is 49.5 Å². The number of carbonyl (C=O) groups excluding carboxylic acids is 3. The molecular weight excluding hydrogens is 452 g/mol. The van der Waals surface area contributed by atoms with Gasteiger partial charge in [-0.1, -0.05) is 51.6 Å². The van der Waals surface area contributed by atoms with Crippen LogP contribution in [-0.2, 0) is 14.4 Å². The molecule has 142 valence electrons. The molecule has 0 spiro atoms. The molecule has 7 heteroatoms. The summed E-state index contributed by atoms with van der Waals surface area (Å²) in [4.78, 5) is 42.1. The van der Waals surface area contributed by atoms with Gasteiger partial charge in [0.15, 0.2) is 5.78 Å². The number of hydrogen-bond acceptors (Lipinski definition) is 3. The first-order chi connectivity index (χ1) is 11.8. The molecule has 0 aromatic carbocycles. The SMILES string of the molecule is CCCCC12CN(C(=O)CCBr)CC(C)(CN(C(=O)CCBr)C1)C2=O. The summed E-state index contributed by atoms with van der Waals surface area (Å²) in [5.74, 6) is 0.438. The molecule has 2 bridgehead atoms. The smallest absolute Gasteiger partial charge is 0.223 e.